The number of hydrogen-bond acceptors (Lipinski definition) is 5. The standard InChI is InChI=1S/C11H16N4O4/c12-1-2-14-5-8(13-6-14)10(17)15-4-7(16)3-9(15)11(18)19/h5-7,9,16H,1-4,12H2,(H,18,19)/t7-,9-/m1/s1. The molecule has 1 aliphatic heterocycles. The summed E-state index contributed by atoms with van der Waals surface area (Å²) in [6.45, 7) is 0.967. The number of aromatic nitrogens is 2. The Bertz CT molecular complexity index is 487. The number of carbonyl (C=O) groups excluding carboxylic acids is 1. The van der Waals surface area contributed by atoms with Crippen LogP contribution < -0.4 is 5.73 Å². The van der Waals surface area contributed by atoms with E-state index in [0.29, 0.717) is 13.1 Å². The van der Waals surface area contributed by atoms with Gasteiger partial charge >= 0.3 is 5.97 Å². The Balaban J connectivity index is 2.15. The predicted molar refractivity (Wildman–Crippen MR) is 64.4 cm³/mol. The zero-order valence-electron chi connectivity index (χ0n) is 10.3. The number of imidazole rings is 1. The van der Waals surface area contributed by atoms with Crippen LogP contribution in [0.4, 0.5) is 0 Å². The molecule has 0 radical (unpaired) electrons. The number of carbonyl (C=O) groups is 2. The van der Waals surface area contributed by atoms with E-state index in [2.05, 4.69) is 4.98 Å². The molecule has 1 aliphatic rings. The molecule has 104 valence electrons. The highest BCUT2D eigenvalue weighted by molar-refractivity contribution is 5.95. The molecule has 1 fully saturated rings. The predicted octanol–water partition coefficient (Wildman–Crippen LogP) is -1.50. The van der Waals surface area contributed by atoms with Gasteiger partial charge in [0.05, 0.1) is 12.4 Å². The van der Waals surface area contributed by atoms with Gasteiger partial charge in [-0.15, -0.1) is 0 Å². The fourth-order valence-corrected chi connectivity index (χ4v) is 2.16. The second-order valence-electron chi connectivity index (χ2n) is 4.49. The lowest BCUT2D eigenvalue weighted by Crippen LogP contribution is -2.40. The average molecular weight is 268 g/mol. The summed E-state index contributed by atoms with van der Waals surface area (Å²) in [6, 6.07) is -0.998. The molecular formula is C11H16N4O4. The van der Waals surface area contributed by atoms with Crippen LogP contribution in [-0.4, -0.2) is 61.8 Å². The number of nitrogens with zero attached hydrogens (tertiary/aromatic N) is 3. The van der Waals surface area contributed by atoms with Gasteiger partial charge in [0.2, 0.25) is 0 Å². The lowest BCUT2D eigenvalue weighted by Gasteiger charge is -2.19. The first-order chi connectivity index (χ1) is 9.02. The minimum atomic E-state index is -1.12. The van der Waals surface area contributed by atoms with Crippen molar-refractivity contribution < 1.29 is 19.8 Å². The van der Waals surface area contributed by atoms with Gasteiger partial charge in [0, 0.05) is 32.3 Å². The van der Waals surface area contributed by atoms with Gasteiger partial charge in [-0.25, -0.2) is 9.78 Å². The minimum Gasteiger partial charge on any atom is -0.480 e. The molecule has 0 bridgehead atoms. The van der Waals surface area contributed by atoms with E-state index in [9.17, 15) is 14.7 Å². The van der Waals surface area contributed by atoms with E-state index in [1.807, 2.05) is 0 Å². The minimum absolute atomic E-state index is 0.0134. The Labute approximate surface area is 109 Å². The van der Waals surface area contributed by atoms with Gasteiger partial charge in [-0.3, -0.25) is 4.79 Å². The highest BCUT2D eigenvalue weighted by atomic mass is 16.4. The number of hydrogen-bond donors (Lipinski definition) is 3. The number of likely N-dealkylation sites (tertiary alicyclic amines) is 1. The Morgan fingerprint density at radius 1 is 1.53 bits per heavy atom. The largest absolute Gasteiger partial charge is 0.480 e. The highest BCUT2D eigenvalue weighted by Crippen LogP contribution is 2.20. The van der Waals surface area contributed by atoms with Crippen LogP contribution in [0.25, 0.3) is 0 Å². The van der Waals surface area contributed by atoms with Crippen LogP contribution in [0.2, 0.25) is 0 Å². The maximum absolute atomic E-state index is 12.2. The summed E-state index contributed by atoms with van der Waals surface area (Å²) in [4.78, 5) is 28.3. The molecule has 1 saturated heterocycles. The summed E-state index contributed by atoms with van der Waals surface area (Å²) < 4.78 is 1.66. The molecule has 1 amide bonds. The molecule has 2 rings (SSSR count). The maximum atomic E-state index is 12.2. The van der Waals surface area contributed by atoms with Gasteiger partial charge in [0.25, 0.3) is 5.91 Å². The number of aliphatic hydroxyl groups excluding tert-OH is 1. The van der Waals surface area contributed by atoms with Crippen molar-refractivity contribution in [3.05, 3.63) is 18.2 Å². The lowest BCUT2D eigenvalue weighted by molar-refractivity contribution is -0.141. The first-order valence-corrected chi connectivity index (χ1v) is 5.96. The van der Waals surface area contributed by atoms with Gasteiger partial charge in [-0.1, -0.05) is 0 Å². The number of rotatable bonds is 4. The number of aliphatic hydroxyl groups is 1. The molecule has 8 heteroatoms. The van der Waals surface area contributed by atoms with Crippen molar-refractivity contribution in [1.82, 2.24) is 14.5 Å². The highest BCUT2D eigenvalue weighted by Gasteiger charge is 2.39. The smallest absolute Gasteiger partial charge is 0.326 e. The lowest BCUT2D eigenvalue weighted by atomic mass is 10.2. The van der Waals surface area contributed by atoms with Crippen LogP contribution >= 0.6 is 0 Å². The summed E-state index contributed by atoms with van der Waals surface area (Å²) in [5, 5.41) is 18.5. The molecule has 2 atom stereocenters. The molecule has 0 spiro atoms. The van der Waals surface area contributed by atoms with Crippen LogP contribution in [-0.2, 0) is 11.3 Å². The Morgan fingerprint density at radius 2 is 2.26 bits per heavy atom. The molecule has 0 aliphatic carbocycles. The van der Waals surface area contributed by atoms with Crippen LogP contribution in [0.15, 0.2) is 12.5 Å². The van der Waals surface area contributed by atoms with E-state index < -0.39 is 24.0 Å². The third-order valence-corrected chi connectivity index (χ3v) is 3.06. The summed E-state index contributed by atoms with van der Waals surface area (Å²) >= 11 is 0. The van der Waals surface area contributed by atoms with Crippen molar-refractivity contribution in [2.45, 2.75) is 25.1 Å². The first kappa shape index (κ1) is 13.5. The summed E-state index contributed by atoms with van der Waals surface area (Å²) in [5.74, 6) is -1.61. The SMILES string of the molecule is NCCn1cnc(C(=O)N2C[C@H](O)C[C@@H]2C(=O)O)c1. The van der Waals surface area contributed by atoms with Crippen LogP contribution in [0.3, 0.4) is 0 Å². The van der Waals surface area contributed by atoms with E-state index >= 15 is 0 Å². The second-order valence-corrected chi connectivity index (χ2v) is 4.49. The average Bonchev–Trinajstić information content (AvgIpc) is 2.95. The molecule has 1 aromatic rings. The number of nitrogens with two attached hydrogens (primary N) is 1. The number of amides is 1. The molecule has 0 saturated carbocycles. The number of carboxylic acids is 1. The third kappa shape index (κ3) is 2.74. The van der Waals surface area contributed by atoms with Crippen molar-refractivity contribution >= 4 is 11.9 Å². The number of aliphatic carboxylic acids is 1. The van der Waals surface area contributed by atoms with Gasteiger partial charge < -0.3 is 25.4 Å². The van der Waals surface area contributed by atoms with Gasteiger partial charge in [-0.05, 0) is 0 Å². The van der Waals surface area contributed by atoms with Gasteiger partial charge in [0.1, 0.15) is 11.7 Å². The second kappa shape index (κ2) is 5.37. The van der Waals surface area contributed by atoms with Crippen molar-refractivity contribution in [1.29, 1.82) is 0 Å². The zero-order valence-corrected chi connectivity index (χ0v) is 10.3. The number of β-amino-alcohol motifs (C(OH)–C–C–N with tert-alkyl or cyclic N) is 1. The molecule has 4 N–H and O–H groups in total. The van der Waals surface area contributed by atoms with E-state index in [1.54, 1.807) is 4.57 Å². The van der Waals surface area contributed by atoms with Gasteiger partial charge in [0.15, 0.2) is 0 Å². The third-order valence-electron chi connectivity index (χ3n) is 3.06. The summed E-state index contributed by atoms with van der Waals surface area (Å²) in [6.07, 6.45) is 2.24. The molecule has 0 unspecified atom stereocenters. The van der Waals surface area contributed by atoms with E-state index in [1.165, 1.54) is 12.5 Å². The van der Waals surface area contributed by atoms with Crippen molar-refractivity contribution in [3.8, 4) is 0 Å². The first-order valence-electron chi connectivity index (χ1n) is 5.96. The molecule has 19 heavy (non-hydrogen) atoms. The molecule has 0 aromatic carbocycles. The van der Waals surface area contributed by atoms with Crippen LogP contribution in [0.1, 0.15) is 16.9 Å². The maximum Gasteiger partial charge on any atom is 0.326 e. The quantitative estimate of drug-likeness (QED) is 0.611. The van der Waals surface area contributed by atoms with Crippen molar-refractivity contribution in [2.75, 3.05) is 13.1 Å². The van der Waals surface area contributed by atoms with Crippen LogP contribution in [0, 0.1) is 0 Å². The summed E-state index contributed by atoms with van der Waals surface area (Å²) in [7, 11) is 0. The normalized spacial score (nSPS) is 22.7. The van der Waals surface area contributed by atoms with Gasteiger partial charge in [-0.2, -0.15) is 0 Å². The van der Waals surface area contributed by atoms with Crippen molar-refractivity contribution in [2.24, 2.45) is 5.73 Å². The number of carboxylic acid groups (broad SMARTS) is 1. The fraction of sp³-hybridized carbons (Fsp3) is 0.545. The Kier molecular flexibility index (Phi) is 3.82. The fourth-order valence-electron chi connectivity index (χ4n) is 2.16. The zero-order chi connectivity index (χ0) is 14.0. The Hall–Kier alpha value is -1.93. The van der Waals surface area contributed by atoms with E-state index in [-0.39, 0.29) is 18.7 Å². The summed E-state index contributed by atoms with van der Waals surface area (Å²) in [5.41, 5.74) is 5.55. The molecule has 1 aromatic heterocycles. The van der Waals surface area contributed by atoms with Crippen LogP contribution in [0.5, 0.6) is 0 Å². The van der Waals surface area contributed by atoms with Crippen molar-refractivity contribution in [3.63, 3.8) is 0 Å². The Morgan fingerprint density at radius 3 is 2.89 bits per heavy atom. The molecular weight excluding hydrogens is 252 g/mol. The monoisotopic (exact) mass is 268 g/mol. The topological polar surface area (TPSA) is 122 Å². The molecule has 2 heterocycles. The molecule has 8 nitrogen and oxygen atoms in total. The van der Waals surface area contributed by atoms with E-state index in [4.69, 9.17) is 10.8 Å². The van der Waals surface area contributed by atoms with E-state index in [0.717, 1.165) is 4.90 Å².